The summed E-state index contributed by atoms with van der Waals surface area (Å²) in [5.74, 6) is -0.990. The number of ether oxygens (including phenoxy) is 1. The average molecular weight is 199 g/mol. The van der Waals surface area contributed by atoms with E-state index in [0.717, 1.165) is 6.07 Å². The summed E-state index contributed by atoms with van der Waals surface area (Å²) in [5.41, 5.74) is 6.34. The van der Waals surface area contributed by atoms with Crippen molar-refractivity contribution in [3.63, 3.8) is 0 Å². The molecule has 1 aromatic carbocycles. The summed E-state index contributed by atoms with van der Waals surface area (Å²) in [7, 11) is 1.32. The van der Waals surface area contributed by atoms with Gasteiger partial charge in [0.25, 0.3) is 0 Å². The van der Waals surface area contributed by atoms with E-state index in [1.54, 1.807) is 0 Å². The van der Waals surface area contributed by atoms with Crippen molar-refractivity contribution in [2.75, 3.05) is 7.11 Å². The molecule has 0 saturated heterocycles. The molecule has 76 valence electrons. The van der Waals surface area contributed by atoms with Gasteiger partial charge in [0.2, 0.25) is 0 Å². The van der Waals surface area contributed by atoms with Crippen LogP contribution in [0.4, 0.5) is 8.78 Å². The topological polar surface area (TPSA) is 35.2 Å². The van der Waals surface area contributed by atoms with E-state index >= 15 is 0 Å². The van der Waals surface area contributed by atoms with Crippen LogP contribution >= 0.6 is 0 Å². The lowest BCUT2D eigenvalue weighted by Gasteiger charge is -2.10. The summed E-state index contributed by atoms with van der Waals surface area (Å²) in [4.78, 5) is 0. The molecule has 1 aliphatic rings. The molecule has 0 saturated carbocycles. The first-order valence-corrected chi connectivity index (χ1v) is 4.45. The lowest BCUT2D eigenvalue weighted by molar-refractivity contribution is 0.380. The summed E-state index contributed by atoms with van der Waals surface area (Å²) in [6.45, 7) is 0. The normalized spacial score (nSPS) is 19.6. The fraction of sp³-hybridized carbons (Fsp3) is 0.400. The number of hydrogen-bond acceptors (Lipinski definition) is 2. The van der Waals surface area contributed by atoms with Gasteiger partial charge in [-0.15, -0.1) is 0 Å². The summed E-state index contributed by atoms with van der Waals surface area (Å²) >= 11 is 0. The zero-order valence-corrected chi connectivity index (χ0v) is 7.81. The first-order valence-electron chi connectivity index (χ1n) is 4.45. The van der Waals surface area contributed by atoms with E-state index in [-0.39, 0.29) is 11.8 Å². The van der Waals surface area contributed by atoms with Crippen molar-refractivity contribution >= 4 is 0 Å². The van der Waals surface area contributed by atoms with E-state index in [1.807, 2.05) is 0 Å². The maximum atomic E-state index is 13.6. The molecule has 0 spiro atoms. The average Bonchev–Trinajstić information content (AvgIpc) is 2.54. The smallest absolute Gasteiger partial charge is 0.168 e. The maximum absolute atomic E-state index is 13.6. The first-order chi connectivity index (χ1) is 6.65. The molecule has 0 radical (unpaired) electrons. The third-order valence-electron chi connectivity index (χ3n) is 2.62. The summed E-state index contributed by atoms with van der Waals surface area (Å²) in [6, 6.07) is 0.671. The van der Waals surface area contributed by atoms with Crippen molar-refractivity contribution in [3.8, 4) is 5.75 Å². The van der Waals surface area contributed by atoms with Gasteiger partial charge in [-0.1, -0.05) is 0 Å². The fourth-order valence-corrected chi connectivity index (χ4v) is 1.91. The highest BCUT2D eigenvalue weighted by Gasteiger charge is 2.28. The molecule has 1 atom stereocenters. The Kier molecular flexibility index (Phi) is 2.15. The van der Waals surface area contributed by atoms with E-state index in [2.05, 4.69) is 0 Å². The number of halogens is 2. The predicted octanol–water partition coefficient (Wildman–Crippen LogP) is 1.92. The van der Waals surface area contributed by atoms with Crippen LogP contribution in [0, 0.1) is 11.6 Å². The number of rotatable bonds is 1. The van der Waals surface area contributed by atoms with Crippen molar-refractivity contribution in [3.05, 3.63) is 28.8 Å². The molecular formula is C10H11F2NO. The third kappa shape index (κ3) is 1.18. The highest BCUT2D eigenvalue weighted by atomic mass is 19.1. The Morgan fingerprint density at radius 2 is 2.21 bits per heavy atom. The van der Waals surface area contributed by atoms with E-state index in [9.17, 15) is 8.78 Å². The largest absolute Gasteiger partial charge is 0.494 e. The van der Waals surface area contributed by atoms with Crippen molar-refractivity contribution in [1.29, 1.82) is 0 Å². The van der Waals surface area contributed by atoms with Gasteiger partial charge in [-0.25, -0.2) is 8.78 Å². The highest BCUT2D eigenvalue weighted by Crippen LogP contribution is 2.37. The molecule has 0 bridgehead atoms. The molecule has 0 aliphatic heterocycles. The Balaban J connectivity index is 2.64. The van der Waals surface area contributed by atoms with Crippen molar-refractivity contribution < 1.29 is 13.5 Å². The van der Waals surface area contributed by atoms with Gasteiger partial charge in [-0.3, -0.25) is 0 Å². The second-order valence-electron chi connectivity index (χ2n) is 3.41. The van der Waals surface area contributed by atoms with Crippen LogP contribution in [0.3, 0.4) is 0 Å². The van der Waals surface area contributed by atoms with Crippen LogP contribution in [-0.2, 0) is 6.42 Å². The van der Waals surface area contributed by atoms with Gasteiger partial charge in [0.05, 0.1) is 7.11 Å². The third-order valence-corrected chi connectivity index (χ3v) is 2.62. The van der Waals surface area contributed by atoms with Crippen LogP contribution in [0.1, 0.15) is 23.6 Å². The van der Waals surface area contributed by atoms with E-state index in [1.165, 1.54) is 7.11 Å². The first kappa shape index (κ1) is 9.40. The molecular weight excluding hydrogens is 188 g/mol. The number of hydrogen-bond donors (Lipinski definition) is 1. The molecule has 1 aliphatic carbocycles. The summed E-state index contributed by atoms with van der Waals surface area (Å²) in [5, 5.41) is 0. The molecule has 0 amide bonds. The Morgan fingerprint density at radius 3 is 2.86 bits per heavy atom. The number of benzene rings is 1. The maximum Gasteiger partial charge on any atom is 0.168 e. The van der Waals surface area contributed by atoms with E-state index in [0.29, 0.717) is 24.0 Å². The van der Waals surface area contributed by atoms with Gasteiger partial charge >= 0.3 is 0 Å². The molecule has 0 heterocycles. The molecule has 0 aromatic heterocycles. The van der Waals surface area contributed by atoms with Crippen LogP contribution in [0.5, 0.6) is 5.75 Å². The number of nitrogens with two attached hydrogens (primary N) is 1. The van der Waals surface area contributed by atoms with Crippen LogP contribution < -0.4 is 10.5 Å². The fourth-order valence-electron chi connectivity index (χ4n) is 1.91. The molecule has 4 heteroatoms. The minimum atomic E-state index is -0.475. The van der Waals surface area contributed by atoms with E-state index in [4.69, 9.17) is 10.5 Å². The quantitative estimate of drug-likeness (QED) is 0.749. The lowest BCUT2D eigenvalue weighted by atomic mass is 10.1. The van der Waals surface area contributed by atoms with Gasteiger partial charge in [0, 0.05) is 17.7 Å². The molecule has 14 heavy (non-hydrogen) atoms. The van der Waals surface area contributed by atoms with Crippen molar-refractivity contribution in [2.45, 2.75) is 18.9 Å². The summed E-state index contributed by atoms with van der Waals surface area (Å²) < 4.78 is 31.8. The molecule has 0 fully saturated rings. The SMILES string of the molecule is COc1cc(F)c2c(c1F)CCC2N. The summed E-state index contributed by atoms with van der Waals surface area (Å²) in [6.07, 6.45) is 1.08. The molecule has 2 nitrogen and oxygen atoms in total. The van der Waals surface area contributed by atoms with Crippen LogP contribution in [-0.4, -0.2) is 7.11 Å². The second kappa shape index (κ2) is 3.20. The monoisotopic (exact) mass is 199 g/mol. The van der Waals surface area contributed by atoms with Crippen LogP contribution in [0.2, 0.25) is 0 Å². The second-order valence-corrected chi connectivity index (χ2v) is 3.41. The van der Waals surface area contributed by atoms with Gasteiger partial charge in [-0.2, -0.15) is 0 Å². The Hall–Kier alpha value is -1.16. The van der Waals surface area contributed by atoms with Gasteiger partial charge < -0.3 is 10.5 Å². The van der Waals surface area contributed by atoms with Gasteiger partial charge in [0.1, 0.15) is 5.82 Å². The molecule has 2 N–H and O–H groups in total. The van der Waals surface area contributed by atoms with Crippen LogP contribution in [0.25, 0.3) is 0 Å². The van der Waals surface area contributed by atoms with Crippen molar-refractivity contribution in [2.24, 2.45) is 5.73 Å². The molecule has 2 rings (SSSR count). The Labute approximate surface area is 80.7 Å². The minimum Gasteiger partial charge on any atom is -0.494 e. The minimum absolute atomic E-state index is 0.0460. The highest BCUT2D eigenvalue weighted by molar-refractivity contribution is 5.43. The standard InChI is InChI=1S/C10H11F2NO/c1-14-8-4-6(11)9-5(10(8)12)2-3-7(9)13/h4,7H,2-3,13H2,1H3. The Bertz CT molecular complexity index is 379. The van der Waals surface area contributed by atoms with Gasteiger partial charge in [-0.05, 0) is 18.4 Å². The number of methoxy groups -OCH3 is 1. The van der Waals surface area contributed by atoms with Crippen molar-refractivity contribution in [1.82, 2.24) is 0 Å². The predicted molar refractivity (Wildman–Crippen MR) is 48.2 cm³/mol. The number of fused-ring (bicyclic) bond motifs is 1. The zero-order valence-electron chi connectivity index (χ0n) is 7.81. The lowest BCUT2D eigenvalue weighted by Crippen LogP contribution is -2.08. The van der Waals surface area contributed by atoms with E-state index < -0.39 is 11.6 Å². The molecule has 1 unspecified atom stereocenters. The van der Waals surface area contributed by atoms with Gasteiger partial charge in [0.15, 0.2) is 11.6 Å². The molecule has 1 aromatic rings. The Morgan fingerprint density at radius 1 is 1.50 bits per heavy atom. The van der Waals surface area contributed by atoms with Crippen LogP contribution in [0.15, 0.2) is 6.07 Å². The zero-order chi connectivity index (χ0) is 10.3.